The molecule has 2 aromatic rings. The summed E-state index contributed by atoms with van der Waals surface area (Å²) in [5.74, 6) is -1.37. The number of carboxylic acid groups (broad SMARTS) is 1. The van der Waals surface area contributed by atoms with Crippen LogP contribution in [0.2, 0.25) is 0 Å². The van der Waals surface area contributed by atoms with Gasteiger partial charge in [-0.2, -0.15) is 12.6 Å². The number of thiol groups is 1. The number of ether oxygens (including phenoxy) is 1. The van der Waals surface area contributed by atoms with Crippen molar-refractivity contribution in [3.8, 4) is 11.5 Å². The minimum atomic E-state index is -1.12. The fourth-order valence-electron chi connectivity index (χ4n) is 3.93. The molecule has 2 aromatic carbocycles. The highest BCUT2D eigenvalue weighted by Crippen LogP contribution is 2.39. The first-order valence-electron chi connectivity index (χ1n) is 10.2. The average Bonchev–Trinajstić information content (AvgIpc) is 3.23. The molecule has 32 heavy (non-hydrogen) atoms. The highest BCUT2D eigenvalue weighted by Gasteiger charge is 2.42. The molecule has 0 bridgehead atoms. The number of para-hydroxylation sites is 1. The molecule has 1 heterocycles. The number of rotatable bonds is 8. The van der Waals surface area contributed by atoms with Crippen LogP contribution in [0.15, 0.2) is 48.5 Å². The van der Waals surface area contributed by atoms with Gasteiger partial charge in [0.2, 0.25) is 11.8 Å². The van der Waals surface area contributed by atoms with Crippen LogP contribution in [0, 0.1) is 0 Å². The third-order valence-electron chi connectivity index (χ3n) is 5.56. The maximum Gasteiger partial charge on any atom is 0.326 e. The van der Waals surface area contributed by atoms with E-state index in [2.05, 4.69) is 17.9 Å². The Hall–Kier alpha value is -3.20. The third kappa shape index (κ3) is 5.34. The predicted octanol–water partition coefficient (Wildman–Crippen LogP) is 2.17. The summed E-state index contributed by atoms with van der Waals surface area (Å²) in [5, 5.41) is 21.6. The normalized spacial score (nSPS) is 18.8. The molecule has 170 valence electrons. The topological polar surface area (TPSA) is 116 Å². The van der Waals surface area contributed by atoms with Crippen LogP contribution in [0.25, 0.3) is 0 Å². The van der Waals surface area contributed by atoms with Crippen LogP contribution in [-0.2, 0) is 20.8 Å². The molecule has 0 aliphatic carbocycles. The SMILES string of the molecule is COc1ccc(CC(S)C(=O)NCC(=O)N2C(c3ccccc3O)CC[C@H]2C(=O)O)cc1. The van der Waals surface area contributed by atoms with Crippen LogP contribution in [0.4, 0.5) is 0 Å². The summed E-state index contributed by atoms with van der Waals surface area (Å²) in [7, 11) is 1.57. The number of phenolic OH excluding ortho intramolecular Hbond substituents is 1. The second-order valence-corrected chi connectivity index (χ2v) is 8.22. The van der Waals surface area contributed by atoms with Crippen molar-refractivity contribution < 1.29 is 29.3 Å². The smallest absolute Gasteiger partial charge is 0.326 e. The second kappa shape index (κ2) is 10.4. The van der Waals surface area contributed by atoms with Crippen molar-refractivity contribution in [1.29, 1.82) is 0 Å². The van der Waals surface area contributed by atoms with E-state index in [0.29, 0.717) is 24.2 Å². The number of benzene rings is 2. The summed E-state index contributed by atoms with van der Waals surface area (Å²) in [6.45, 7) is -0.355. The lowest BCUT2D eigenvalue weighted by atomic mass is 10.0. The van der Waals surface area contributed by atoms with Gasteiger partial charge in [-0.05, 0) is 43.0 Å². The maximum absolute atomic E-state index is 12.9. The van der Waals surface area contributed by atoms with Gasteiger partial charge in [0.1, 0.15) is 17.5 Å². The molecule has 3 rings (SSSR count). The molecule has 0 radical (unpaired) electrons. The summed E-state index contributed by atoms with van der Waals surface area (Å²) >= 11 is 4.34. The Morgan fingerprint density at radius 1 is 1.16 bits per heavy atom. The summed E-state index contributed by atoms with van der Waals surface area (Å²) in [5.41, 5.74) is 1.37. The fraction of sp³-hybridized carbons (Fsp3) is 0.348. The van der Waals surface area contributed by atoms with Gasteiger partial charge in [-0.25, -0.2) is 4.79 Å². The number of hydrogen-bond acceptors (Lipinski definition) is 6. The fourth-order valence-corrected chi connectivity index (χ4v) is 4.23. The molecular formula is C23H26N2O6S. The van der Waals surface area contributed by atoms with E-state index in [-0.39, 0.29) is 18.7 Å². The number of nitrogens with one attached hydrogen (secondary N) is 1. The number of nitrogens with zero attached hydrogens (tertiary/aromatic N) is 1. The number of hydrogen-bond donors (Lipinski definition) is 4. The zero-order valence-corrected chi connectivity index (χ0v) is 18.5. The molecule has 1 aliphatic heterocycles. The van der Waals surface area contributed by atoms with Crippen LogP contribution in [0.5, 0.6) is 11.5 Å². The minimum Gasteiger partial charge on any atom is -0.508 e. The van der Waals surface area contributed by atoms with Gasteiger partial charge in [-0.3, -0.25) is 9.59 Å². The molecule has 8 nitrogen and oxygen atoms in total. The van der Waals surface area contributed by atoms with Gasteiger partial charge >= 0.3 is 5.97 Å². The number of likely N-dealkylation sites (tertiary alicyclic amines) is 1. The van der Waals surface area contributed by atoms with Crippen LogP contribution in [0.1, 0.15) is 30.0 Å². The van der Waals surface area contributed by atoms with Gasteiger partial charge in [0.15, 0.2) is 0 Å². The molecular weight excluding hydrogens is 432 g/mol. The van der Waals surface area contributed by atoms with E-state index in [1.807, 2.05) is 12.1 Å². The first-order valence-corrected chi connectivity index (χ1v) is 10.7. The summed E-state index contributed by atoms with van der Waals surface area (Å²) < 4.78 is 5.11. The number of carbonyl (C=O) groups is 3. The van der Waals surface area contributed by atoms with Gasteiger partial charge in [0.25, 0.3) is 0 Å². The predicted molar refractivity (Wildman–Crippen MR) is 121 cm³/mol. The molecule has 1 fully saturated rings. The Morgan fingerprint density at radius 3 is 2.47 bits per heavy atom. The van der Waals surface area contributed by atoms with Crippen molar-refractivity contribution in [1.82, 2.24) is 10.2 Å². The van der Waals surface area contributed by atoms with Gasteiger partial charge in [0, 0.05) is 5.56 Å². The number of phenols is 1. The first kappa shape index (κ1) is 23.5. The number of aliphatic carboxylic acids is 1. The van der Waals surface area contributed by atoms with E-state index in [0.717, 1.165) is 5.56 Å². The zero-order valence-electron chi connectivity index (χ0n) is 17.6. The highest BCUT2D eigenvalue weighted by atomic mass is 32.1. The molecule has 2 unspecified atom stereocenters. The molecule has 9 heteroatoms. The lowest BCUT2D eigenvalue weighted by Crippen LogP contribution is -2.47. The van der Waals surface area contributed by atoms with Gasteiger partial charge < -0.3 is 25.2 Å². The molecule has 3 N–H and O–H groups in total. The molecule has 1 aliphatic rings. The van der Waals surface area contributed by atoms with Crippen molar-refractivity contribution in [2.45, 2.75) is 36.6 Å². The molecule has 0 spiro atoms. The second-order valence-electron chi connectivity index (χ2n) is 7.59. The van der Waals surface area contributed by atoms with Crippen LogP contribution >= 0.6 is 12.6 Å². The van der Waals surface area contributed by atoms with Gasteiger partial charge in [-0.15, -0.1) is 0 Å². The Balaban J connectivity index is 1.64. The zero-order chi connectivity index (χ0) is 23.3. The number of amides is 2. The largest absolute Gasteiger partial charge is 0.508 e. The minimum absolute atomic E-state index is 0.000267. The highest BCUT2D eigenvalue weighted by molar-refractivity contribution is 7.81. The van der Waals surface area contributed by atoms with Crippen LogP contribution in [0.3, 0.4) is 0 Å². The van der Waals surface area contributed by atoms with Crippen molar-refractivity contribution in [3.05, 3.63) is 59.7 Å². The van der Waals surface area contributed by atoms with E-state index < -0.39 is 35.1 Å². The van der Waals surface area contributed by atoms with E-state index in [4.69, 9.17) is 4.74 Å². The van der Waals surface area contributed by atoms with Crippen LogP contribution < -0.4 is 10.1 Å². The van der Waals surface area contributed by atoms with Gasteiger partial charge in [0.05, 0.1) is 24.9 Å². The van der Waals surface area contributed by atoms with Crippen molar-refractivity contribution in [2.24, 2.45) is 0 Å². The van der Waals surface area contributed by atoms with E-state index >= 15 is 0 Å². The summed E-state index contributed by atoms with van der Waals surface area (Å²) in [6, 6.07) is 12.2. The van der Waals surface area contributed by atoms with Crippen molar-refractivity contribution in [3.63, 3.8) is 0 Å². The lowest BCUT2D eigenvalue weighted by Gasteiger charge is -2.29. The average molecular weight is 459 g/mol. The number of carbonyl (C=O) groups excluding carboxylic acids is 2. The Kier molecular flexibility index (Phi) is 7.63. The quantitative estimate of drug-likeness (QED) is 0.451. The number of carboxylic acids is 1. The monoisotopic (exact) mass is 458 g/mol. The third-order valence-corrected chi connectivity index (χ3v) is 5.98. The lowest BCUT2D eigenvalue weighted by molar-refractivity contribution is -0.149. The van der Waals surface area contributed by atoms with E-state index in [1.54, 1.807) is 37.4 Å². The molecule has 3 atom stereocenters. The Bertz CT molecular complexity index is 981. The Morgan fingerprint density at radius 2 is 1.84 bits per heavy atom. The molecule has 0 aromatic heterocycles. The standard InChI is InChI=1S/C23H26N2O6S/c1-31-15-8-6-14(7-9-15)12-20(32)22(28)24-13-21(27)25-17(10-11-18(25)23(29)30)16-4-2-3-5-19(16)26/h2-9,17-18,20,26,32H,10-13H2,1H3,(H,24,28)(H,29,30)/t17?,18-,20?/m0/s1. The molecule has 2 amide bonds. The molecule has 1 saturated heterocycles. The Labute approximate surface area is 191 Å². The number of methoxy groups -OCH3 is 1. The van der Waals surface area contributed by atoms with Crippen molar-refractivity contribution >= 4 is 30.4 Å². The first-order chi connectivity index (χ1) is 15.3. The van der Waals surface area contributed by atoms with Gasteiger partial charge in [-0.1, -0.05) is 30.3 Å². The maximum atomic E-state index is 12.9. The van der Waals surface area contributed by atoms with Crippen LogP contribution in [-0.4, -0.2) is 57.8 Å². The van der Waals surface area contributed by atoms with E-state index in [9.17, 15) is 24.6 Å². The van der Waals surface area contributed by atoms with Crippen molar-refractivity contribution in [2.75, 3.05) is 13.7 Å². The number of aromatic hydroxyl groups is 1. The molecule has 0 saturated carbocycles. The summed E-state index contributed by atoms with van der Waals surface area (Å²) in [6.07, 6.45) is 1.02. The van der Waals surface area contributed by atoms with E-state index in [1.165, 1.54) is 11.0 Å². The summed E-state index contributed by atoms with van der Waals surface area (Å²) in [4.78, 5) is 38.4.